The Hall–Kier alpha value is -1.83. The molecule has 1 unspecified atom stereocenters. The van der Waals surface area contributed by atoms with Crippen molar-refractivity contribution in [1.29, 1.82) is 5.41 Å². The highest BCUT2D eigenvalue weighted by atomic mass is 15.1. The van der Waals surface area contributed by atoms with Crippen LogP contribution in [0.1, 0.15) is 25.0 Å². The maximum atomic E-state index is 7.53. The van der Waals surface area contributed by atoms with E-state index in [1.807, 2.05) is 24.4 Å². The number of nitrogens with one attached hydrogen (secondary N) is 1. The number of aryl methyl sites for hydroxylation is 1. The van der Waals surface area contributed by atoms with Crippen molar-refractivity contribution < 1.29 is 0 Å². The topological polar surface area (TPSA) is 27.1 Å². The summed E-state index contributed by atoms with van der Waals surface area (Å²) < 4.78 is 0. The van der Waals surface area contributed by atoms with E-state index >= 15 is 0 Å². The van der Waals surface area contributed by atoms with Gasteiger partial charge < -0.3 is 10.3 Å². The van der Waals surface area contributed by atoms with E-state index in [2.05, 4.69) is 43.9 Å². The lowest BCUT2D eigenvalue weighted by atomic mass is 9.99. The van der Waals surface area contributed by atoms with Crippen molar-refractivity contribution in [2.75, 3.05) is 4.90 Å². The average molecular weight is 254 g/mol. The van der Waals surface area contributed by atoms with Crippen molar-refractivity contribution in [1.82, 2.24) is 0 Å². The summed E-state index contributed by atoms with van der Waals surface area (Å²) in [6.45, 7) is 6.63. The summed E-state index contributed by atoms with van der Waals surface area (Å²) in [5.41, 5.74) is 3.84. The predicted octanol–water partition coefficient (Wildman–Crippen LogP) is 4.10. The van der Waals surface area contributed by atoms with Gasteiger partial charge in [0.25, 0.3) is 0 Å². The molecule has 2 heteroatoms. The first-order chi connectivity index (χ1) is 9.11. The van der Waals surface area contributed by atoms with E-state index in [-0.39, 0.29) is 6.04 Å². The molecule has 0 spiro atoms. The first kappa shape index (κ1) is 13.6. The minimum atomic E-state index is 0.0275. The van der Waals surface area contributed by atoms with E-state index in [0.29, 0.717) is 5.92 Å². The Bertz CT molecular complexity index is 512. The highest BCUT2D eigenvalue weighted by Crippen LogP contribution is 2.26. The van der Waals surface area contributed by atoms with E-state index in [4.69, 9.17) is 5.41 Å². The molecule has 0 radical (unpaired) electrons. The maximum Gasteiger partial charge on any atom is 0.0867 e. The SMILES string of the molecule is Cc1cc(CC(C)C)ccc1N1C=CC=CC1C=N. The summed E-state index contributed by atoms with van der Waals surface area (Å²) in [7, 11) is 0. The van der Waals surface area contributed by atoms with E-state index in [1.165, 1.54) is 23.0 Å². The molecule has 0 saturated carbocycles. The van der Waals surface area contributed by atoms with Crippen LogP contribution in [-0.2, 0) is 6.42 Å². The van der Waals surface area contributed by atoms with Gasteiger partial charge in [0.15, 0.2) is 0 Å². The van der Waals surface area contributed by atoms with Crippen LogP contribution in [0.25, 0.3) is 0 Å². The van der Waals surface area contributed by atoms with Crippen LogP contribution in [0.15, 0.2) is 42.6 Å². The molecule has 100 valence electrons. The van der Waals surface area contributed by atoms with Crippen LogP contribution < -0.4 is 4.90 Å². The number of hydrogen-bond acceptors (Lipinski definition) is 2. The molecule has 0 aliphatic carbocycles. The lowest BCUT2D eigenvalue weighted by Gasteiger charge is -2.29. The van der Waals surface area contributed by atoms with Gasteiger partial charge in [0.1, 0.15) is 0 Å². The highest BCUT2D eigenvalue weighted by molar-refractivity contribution is 5.74. The Labute approximate surface area is 116 Å². The molecule has 0 saturated heterocycles. The fourth-order valence-corrected chi connectivity index (χ4v) is 2.49. The Balaban J connectivity index is 2.28. The molecule has 0 fully saturated rings. The molecule has 1 aliphatic heterocycles. The third-order valence-corrected chi connectivity index (χ3v) is 3.34. The van der Waals surface area contributed by atoms with Gasteiger partial charge >= 0.3 is 0 Å². The van der Waals surface area contributed by atoms with Crippen molar-refractivity contribution in [2.45, 2.75) is 33.2 Å². The molecule has 1 aliphatic rings. The molecule has 2 nitrogen and oxygen atoms in total. The van der Waals surface area contributed by atoms with Crippen LogP contribution in [0.3, 0.4) is 0 Å². The quantitative estimate of drug-likeness (QED) is 0.805. The number of benzene rings is 1. The summed E-state index contributed by atoms with van der Waals surface area (Å²) in [5.74, 6) is 0.678. The van der Waals surface area contributed by atoms with Crippen molar-refractivity contribution in [3.63, 3.8) is 0 Å². The minimum Gasteiger partial charge on any atom is -0.336 e. The normalized spacial score (nSPS) is 18.1. The molecule has 19 heavy (non-hydrogen) atoms. The summed E-state index contributed by atoms with van der Waals surface area (Å²) in [6.07, 6.45) is 10.7. The molecular weight excluding hydrogens is 232 g/mol. The maximum absolute atomic E-state index is 7.53. The Morgan fingerprint density at radius 2 is 2.11 bits per heavy atom. The van der Waals surface area contributed by atoms with E-state index in [9.17, 15) is 0 Å². The second-order valence-electron chi connectivity index (χ2n) is 5.51. The van der Waals surface area contributed by atoms with Crippen LogP contribution in [-0.4, -0.2) is 12.3 Å². The van der Waals surface area contributed by atoms with Gasteiger partial charge in [-0.05, 0) is 42.5 Å². The Kier molecular flexibility index (Phi) is 4.20. The van der Waals surface area contributed by atoms with Gasteiger partial charge in [0.2, 0.25) is 0 Å². The lowest BCUT2D eigenvalue weighted by molar-refractivity contribution is 0.647. The summed E-state index contributed by atoms with van der Waals surface area (Å²) in [5, 5.41) is 7.53. The van der Waals surface area contributed by atoms with Crippen LogP contribution in [0.5, 0.6) is 0 Å². The monoisotopic (exact) mass is 254 g/mol. The molecular formula is C17H22N2. The van der Waals surface area contributed by atoms with Crippen molar-refractivity contribution in [3.05, 3.63) is 53.8 Å². The van der Waals surface area contributed by atoms with Gasteiger partial charge in [0.05, 0.1) is 6.04 Å². The molecule has 2 rings (SSSR count). The van der Waals surface area contributed by atoms with Crippen molar-refractivity contribution in [3.8, 4) is 0 Å². The van der Waals surface area contributed by atoms with Gasteiger partial charge in [-0.15, -0.1) is 0 Å². The zero-order chi connectivity index (χ0) is 13.8. The predicted molar refractivity (Wildman–Crippen MR) is 83.1 cm³/mol. The second kappa shape index (κ2) is 5.87. The fraction of sp³-hybridized carbons (Fsp3) is 0.353. The molecule has 1 N–H and O–H groups in total. The summed E-state index contributed by atoms with van der Waals surface area (Å²) in [4.78, 5) is 2.14. The van der Waals surface area contributed by atoms with Gasteiger partial charge in [-0.3, -0.25) is 0 Å². The fourth-order valence-electron chi connectivity index (χ4n) is 2.49. The molecule has 1 heterocycles. The summed E-state index contributed by atoms with van der Waals surface area (Å²) >= 11 is 0. The minimum absolute atomic E-state index is 0.0275. The third kappa shape index (κ3) is 3.14. The zero-order valence-electron chi connectivity index (χ0n) is 11.9. The van der Waals surface area contributed by atoms with Crippen LogP contribution >= 0.6 is 0 Å². The summed E-state index contributed by atoms with van der Waals surface area (Å²) in [6, 6.07) is 6.67. The second-order valence-corrected chi connectivity index (χ2v) is 5.51. The highest BCUT2D eigenvalue weighted by Gasteiger charge is 2.15. The van der Waals surface area contributed by atoms with Crippen molar-refractivity contribution in [2.24, 2.45) is 5.92 Å². The Morgan fingerprint density at radius 3 is 2.74 bits per heavy atom. The van der Waals surface area contributed by atoms with E-state index in [1.54, 1.807) is 0 Å². The number of rotatable bonds is 4. The standard InChI is InChI=1S/C17H22N2/c1-13(2)10-15-7-8-17(14(3)11-15)19-9-5-4-6-16(19)12-18/h4-9,11-13,16,18H,10H2,1-3H3. The van der Waals surface area contributed by atoms with Crippen molar-refractivity contribution >= 4 is 11.9 Å². The smallest absolute Gasteiger partial charge is 0.0867 e. The lowest BCUT2D eigenvalue weighted by Crippen LogP contribution is -2.31. The first-order valence-electron chi connectivity index (χ1n) is 6.85. The average Bonchev–Trinajstić information content (AvgIpc) is 2.38. The number of allylic oxidation sites excluding steroid dienone is 2. The van der Waals surface area contributed by atoms with Gasteiger partial charge in [-0.2, -0.15) is 0 Å². The third-order valence-electron chi connectivity index (χ3n) is 3.34. The number of nitrogens with zero attached hydrogens (tertiary/aromatic N) is 1. The molecule has 0 aromatic heterocycles. The Morgan fingerprint density at radius 1 is 1.32 bits per heavy atom. The number of anilines is 1. The molecule has 0 amide bonds. The van der Waals surface area contributed by atoms with E-state index in [0.717, 1.165) is 6.42 Å². The van der Waals surface area contributed by atoms with Gasteiger partial charge in [0, 0.05) is 18.1 Å². The van der Waals surface area contributed by atoms with E-state index < -0.39 is 0 Å². The molecule has 0 bridgehead atoms. The number of hydrogen-bond donors (Lipinski definition) is 1. The van der Waals surface area contributed by atoms with Crippen LogP contribution in [0, 0.1) is 18.3 Å². The molecule has 1 aromatic rings. The van der Waals surface area contributed by atoms with Gasteiger partial charge in [-0.25, -0.2) is 0 Å². The first-order valence-corrected chi connectivity index (χ1v) is 6.85. The van der Waals surface area contributed by atoms with Gasteiger partial charge in [-0.1, -0.05) is 38.1 Å². The van der Waals surface area contributed by atoms with Crippen LogP contribution in [0.2, 0.25) is 0 Å². The molecule has 1 aromatic carbocycles. The zero-order valence-corrected chi connectivity index (χ0v) is 11.9. The van der Waals surface area contributed by atoms with Crippen LogP contribution in [0.4, 0.5) is 5.69 Å². The molecule has 1 atom stereocenters. The largest absolute Gasteiger partial charge is 0.336 e.